The Balaban J connectivity index is 2.15. The van der Waals surface area contributed by atoms with Crippen LogP contribution in [0.3, 0.4) is 0 Å². The molecule has 4 N–H and O–H groups in total. The molecule has 0 unspecified atom stereocenters. The molecule has 2 aromatic rings. The topological polar surface area (TPSA) is 110 Å². The Morgan fingerprint density at radius 1 is 1.53 bits per heavy atom. The lowest BCUT2D eigenvalue weighted by Crippen LogP contribution is -2.13. The van der Waals surface area contributed by atoms with Crippen LogP contribution in [0.4, 0.5) is 5.95 Å². The second-order valence-electron chi connectivity index (χ2n) is 4.40. The molecular weight excluding hydrogens is 222 g/mol. The van der Waals surface area contributed by atoms with Crippen molar-refractivity contribution in [2.45, 2.75) is 31.4 Å². The quantitative estimate of drug-likeness (QED) is 0.633. The highest BCUT2D eigenvalue weighted by molar-refractivity contribution is 5.70. The number of aliphatic hydroxyl groups is 1. The van der Waals surface area contributed by atoms with E-state index in [9.17, 15) is 9.90 Å². The Hall–Kier alpha value is -1.89. The maximum Gasteiger partial charge on any atom is 0.280 e. The molecule has 3 rings (SSSR count). The maximum absolute atomic E-state index is 11.6. The van der Waals surface area contributed by atoms with Gasteiger partial charge in [0.05, 0.1) is 12.4 Å². The lowest BCUT2D eigenvalue weighted by molar-refractivity contribution is 0.178. The van der Waals surface area contributed by atoms with Gasteiger partial charge in [0.15, 0.2) is 11.2 Å². The predicted molar refractivity (Wildman–Crippen MR) is 61.5 cm³/mol. The third-order valence-corrected chi connectivity index (χ3v) is 3.22. The summed E-state index contributed by atoms with van der Waals surface area (Å²) in [6.45, 7) is 0. The summed E-state index contributed by atoms with van der Waals surface area (Å²) >= 11 is 0. The average Bonchev–Trinajstić information content (AvgIpc) is 2.83. The van der Waals surface area contributed by atoms with Crippen molar-refractivity contribution in [3.63, 3.8) is 0 Å². The molecule has 0 aromatic carbocycles. The third-order valence-electron chi connectivity index (χ3n) is 3.22. The van der Waals surface area contributed by atoms with Crippen LogP contribution in [0.25, 0.3) is 11.2 Å². The third kappa shape index (κ3) is 1.59. The van der Waals surface area contributed by atoms with Crippen molar-refractivity contribution in [1.82, 2.24) is 19.5 Å². The highest BCUT2D eigenvalue weighted by Crippen LogP contribution is 2.31. The zero-order valence-corrected chi connectivity index (χ0v) is 9.13. The summed E-state index contributed by atoms with van der Waals surface area (Å²) in [7, 11) is 0. The molecular formula is C10H13N5O2. The Labute approximate surface area is 96.3 Å². The highest BCUT2D eigenvalue weighted by atomic mass is 16.3. The molecule has 0 spiro atoms. The summed E-state index contributed by atoms with van der Waals surface area (Å²) in [5.41, 5.74) is 5.98. The van der Waals surface area contributed by atoms with E-state index in [4.69, 9.17) is 5.73 Å². The van der Waals surface area contributed by atoms with Gasteiger partial charge in [-0.2, -0.15) is 4.98 Å². The minimum Gasteiger partial charge on any atom is -0.393 e. The van der Waals surface area contributed by atoms with Crippen molar-refractivity contribution < 1.29 is 5.11 Å². The van der Waals surface area contributed by atoms with E-state index in [2.05, 4.69) is 15.0 Å². The Morgan fingerprint density at radius 2 is 2.35 bits per heavy atom. The lowest BCUT2D eigenvalue weighted by Gasteiger charge is -2.11. The normalized spacial score (nSPS) is 24.5. The van der Waals surface area contributed by atoms with Gasteiger partial charge in [-0.05, 0) is 19.3 Å². The van der Waals surface area contributed by atoms with Crippen LogP contribution in [0.15, 0.2) is 11.1 Å². The first-order chi connectivity index (χ1) is 8.15. The molecule has 1 fully saturated rings. The van der Waals surface area contributed by atoms with E-state index in [0.717, 1.165) is 12.8 Å². The number of hydrogen-bond donors (Lipinski definition) is 3. The van der Waals surface area contributed by atoms with Gasteiger partial charge in [0.25, 0.3) is 5.56 Å². The van der Waals surface area contributed by atoms with E-state index in [1.165, 1.54) is 0 Å². The zero-order valence-electron chi connectivity index (χ0n) is 9.13. The summed E-state index contributed by atoms with van der Waals surface area (Å²) in [6.07, 6.45) is 3.61. The van der Waals surface area contributed by atoms with Crippen LogP contribution < -0.4 is 11.3 Å². The number of nitrogens with zero attached hydrogens (tertiary/aromatic N) is 3. The van der Waals surface area contributed by atoms with Crippen LogP contribution in [0.2, 0.25) is 0 Å². The second kappa shape index (κ2) is 3.56. The molecule has 0 bridgehead atoms. The van der Waals surface area contributed by atoms with E-state index >= 15 is 0 Å². The lowest BCUT2D eigenvalue weighted by atomic mass is 10.2. The Kier molecular flexibility index (Phi) is 2.15. The van der Waals surface area contributed by atoms with Gasteiger partial charge >= 0.3 is 0 Å². The molecule has 0 aliphatic heterocycles. The number of aliphatic hydroxyl groups excluding tert-OH is 1. The summed E-state index contributed by atoms with van der Waals surface area (Å²) in [4.78, 5) is 22.2. The molecule has 2 atom stereocenters. The molecule has 0 amide bonds. The van der Waals surface area contributed by atoms with Crippen molar-refractivity contribution in [2.75, 3.05) is 5.73 Å². The molecule has 2 heterocycles. The van der Waals surface area contributed by atoms with Gasteiger partial charge in [0, 0.05) is 6.04 Å². The zero-order chi connectivity index (χ0) is 12.0. The molecule has 0 radical (unpaired) electrons. The van der Waals surface area contributed by atoms with Crippen molar-refractivity contribution >= 4 is 17.1 Å². The number of aromatic amines is 1. The SMILES string of the molecule is Nc1nc2c(ncn2[C@H]2CC[C@@H](O)C2)c(=O)[nH]1. The summed E-state index contributed by atoms with van der Waals surface area (Å²) < 4.78 is 1.83. The van der Waals surface area contributed by atoms with Gasteiger partial charge in [0.2, 0.25) is 5.95 Å². The fourth-order valence-corrected chi connectivity index (χ4v) is 2.40. The van der Waals surface area contributed by atoms with Gasteiger partial charge in [-0.3, -0.25) is 9.78 Å². The first-order valence-electron chi connectivity index (χ1n) is 5.55. The fourth-order valence-electron chi connectivity index (χ4n) is 2.40. The van der Waals surface area contributed by atoms with Crippen LogP contribution in [0.5, 0.6) is 0 Å². The number of nitrogen functional groups attached to an aromatic ring is 1. The Morgan fingerprint density at radius 3 is 3.06 bits per heavy atom. The number of imidazole rings is 1. The number of anilines is 1. The molecule has 17 heavy (non-hydrogen) atoms. The van der Waals surface area contributed by atoms with Crippen LogP contribution in [-0.2, 0) is 0 Å². The molecule has 1 saturated carbocycles. The molecule has 7 nitrogen and oxygen atoms in total. The van der Waals surface area contributed by atoms with Gasteiger partial charge in [-0.1, -0.05) is 0 Å². The summed E-state index contributed by atoms with van der Waals surface area (Å²) in [5, 5.41) is 9.53. The number of aromatic nitrogens is 4. The van der Waals surface area contributed by atoms with E-state index in [0.29, 0.717) is 17.6 Å². The number of nitrogens with two attached hydrogens (primary N) is 1. The van der Waals surface area contributed by atoms with E-state index in [-0.39, 0.29) is 23.7 Å². The average molecular weight is 235 g/mol. The minimum atomic E-state index is -0.329. The minimum absolute atomic E-state index is 0.0859. The molecule has 1 aliphatic carbocycles. The van der Waals surface area contributed by atoms with Gasteiger partial charge in [0.1, 0.15) is 0 Å². The molecule has 0 saturated heterocycles. The first kappa shape index (κ1) is 10.3. The van der Waals surface area contributed by atoms with Gasteiger partial charge < -0.3 is 15.4 Å². The van der Waals surface area contributed by atoms with Crippen LogP contribution in [0.1, 0.15) is 25.3 Å². The number of H-pyrrole nitrogens is 1. The number of fused-ring (bicyclic) bond motifs is 1. The second-order valence-corrected chi connectivity index (χ2v) is 4.40. The van der Waals surface area contributed by atoms with Gasteiger partial charge in [-0.15, -0.1) is 0 Å². The summed E-state index contributed by atoms with van der Waals surface area (Å²) in [5.74, 6) is 0.0859. The first-order valence-corrected chi connectivity index (χ1v) is 5.55. The fraction of sp³-hybridized carbons (Fsp3) is 0.500. The molecule has 7 heteroatoms. The van der Waals surface area contributed by atoms with E-state index < -0.39 is 0 Å². The van der Waals surface area contributed by atoms with E-state index in [1.54, 1.807) is 6.33 Å². The highest BCUT2D eigenvalue weighted by Gasteiger charge is 2.26. The number of nitrogens with one attached hydrogen (secondary N) is 1. The van der Waals surface area contributed by atoms with Gasteiger partial charge in [-0.25, -0.2) is 4.98 Å². The smallest absolute Gasteiger partial charge is 0.280 e. The summed E-state index contributed by atoms with van der Waals surface area (Å²) in [6, 6.07) is 0.142. The molecule has 1 aliphatic rings. The monoisotopic (exact) mass is 235 g/mol. The number of hydrogen-bond acceptors (Lipinski definition) is 5. The molecule has 90 valence electrons. The molecule has 2 aromatic heterocycles. The van der Waals surface area contributed by atoms with Crippen molar-refractivity contribution in [3.8, 4) is 0 Å². The van der Waals surface area contributed by atoms with Crippen molar-refractivity contribution in [3.05, 3.63) is 16.7 Å². The standard InChI is InChI=1S/C10H13N5O2/c11-10-13-8-7(9(17)14-10)12-4-15(8)5-1-2-6(16)3-5/h4-6,16H,1-3H2,(H3,11,13,14,17)/t5-,6+/m0/s1. The Bertz CT molecular complexity index is 617. The van der Waals surface area contributed by atoms with Crippen LogP contribution >= 0.6 is 0 Å². The van der Waals surface area contributed by atoms with Crippen LogP contribution in [-0.4, -0.2) is 30.7 Å². The predicted octanol–water partition coefficient (Wildman–Crippen LogP) is -0.212. The van der Waals surface area contributed by atoms with E-state index in [1.807, 2.05) is 4.57 Å². The van der Waals surface area contributed by atoms with Crippen molar-refractivity contribution in [1.29, 1.82) is 0 Å². The maximum atomic E-state index is 11.6. The van der Waals surface area contributed by atoms with Crippen LogP contribution in [0, 0.1) is 0 Å². The van der Waals surface area contributed by atoms with Crippen molar-refractivity contribution in [2.24, 2.45) is 0 Å². The largest absolute Gasteiger partial charge is 0.393 e. The number of rotatable bonds is 1.